The van der Waals surface area contributed by atoms with Crippen LogP contribution in [0.3, 0.4) is 0 Å². The van der Waals surface area contributed by atoms with E-state index < -0.39 is 11.0 Å². The molecule has 138 valence electrons. The van der Waals surface area contributed by atoms with E-state index in [-0.39, 0.29) is 28.1 Å². The Morgan fingerprint density at radius 3 is 2.58 bits per heavy atom. The molecule has 2 rings (SSSR count). The van der Waals surface area contributed by atoms with Gasteiger partial charge in [-0.2, -0.15) is 0 Å². The van der Waals surface area contributed by atoms with Gasteiger partial charge in [0.2, 0.25) is 5.75 Å². The van der Waals surface area contributed by atoms with Crippen LogP contribution >= 0.6 is 23.2 Å². The number of halogens is 2. The Morgan fingerprint density at radius 2 is 1.96 bits per heavy atom. The number of nitro benzene ring substituents is 1. The number of nitrogens with one attached hydrogen (secondary N) is 1. The van der Waals surface area contributed by atoms with Gasteiger partial charge in [-0.25, -0.2) is 0 Å². The minimum absolute atomic E-state index is 0.0867. The van der Waals surface area contributed by atoms with Gasteiger partial charge >= 0.3 is 5.69 Å². The Labute approximate surface area is 160 Å². The first-order valence-corrected chi connectivity index (χ1v) is 8.43. The SMILES string of the molecule is CCNC(=O)[C@H](C)Oc1cc(Oc2ccc(Cl)cc2Cl)ccc1[N+](=O)[O-]. The zero-order valence-electron chi connectivity index (χ0n) is 14.0. The summed E-state index contributed by atoms with van der Waals surface area (Å²) < 4.78 is 11.1. The minimum atomic E-state index is -0.914. The Balaban J connectivity index is 2.29. The molecule has 0 spiro atoms. The van der Waals surface area contributed by atoms with Gasteiger partial charge in [-0.15, -0.1) is 0 Å². The first kappa shape index (κ1) is 19.8. The summed E-state index contributed by atoms with van der Waals surface area (Å²) in [6.07, 6.45) is -0.914. The van der Waals surface area contributed by atoms with Crippen molar-refractivity contribution in [3.05, 3.63) is 56.6 Å². The number of likely N-dealkylation sites (N-methyl/N-ethyl adjacent to an activating group) is 1. The maximum Gasteiger partial charge on any atom is 0.311 e. The number of ether oxygens (including phenoxy) is 2. The monoisotopic (exact) mass is 398 g/mol. The van der Waals surface area contributed by atoms with E-state index in [0.29, 0.717) is 17.3 Å². The van der Waals surface area contributed by atoms with E-state index >= 15 is 0 Å². The molecular weight excluding hydrogens is 383 g/mol. The molecule has 2 aromatic rings. The second-order valence-corrected chi connectivity index (χ2v) is 6.06. The lowest BCUT2D eigenvalue weighted by atomic mass is 10.2. The highest BCUT2D eigenvalue weighted by Crippen LogP contribution is 2.36. The molecule has 26 heavy (non-hydrogen) atoms. The molecule has 0 saturated carbocycles. The van der Waals surface area contributed by atoms with Crippen LogP contribution in [0.1, 0.15) is 13.8 Å². The molecule has 1 N–H and O–H groups in total. The number of nitro groups is 1. The summed E-state index contributed by atoms with van der Waals surface area (Å²) in [5, 5.41) is 14.5. The average molecular weight is 399 g/mol. The van der Waals surface area contributed by atoms with Crippen molar-refractivity contribution in [3.8, 4) is 17.2 Å². The Bertz CT molecular complexity index is 829. The highest BCUT2D eigenvalue weighted by molar-refractivity contribution is 6.35. The molecule has 0 aromatic heterocycles. The molecule has 0 bridgehead atoms. The third kappa shape index (κ3) is 5.00. The molecule has 0 unspecified atom stereocenters. The van der Waals surface area contributed by atoms with Crippen molar-refractivity contribution in [1.29, 1.82) is 0 Å². The van der Waals surface area contributed by atoms with Crippen LogP contribution < -0.4 is 14.8 Å². The number of hydrogen-bond donors (Lipinski definition) is 1. The molecule has 1 atom stereocenters. The molecule has 7 nitrogen and oxygen atoms in total. The van der Waals surface area contributed by atoms with Gasteiger partial charge in [0.15, 0.2) is 6.10 Å². The number of rotatable bonds is 7. The van der Waals surface area contributed by atoms with Crippen molar-refractivity contribution in [2.45, 2.75) is 20.0 Å². The van der Waals surface area contributed by atoms with Gasteiger partial charge in [0.1, 0.15) is 11.5 Å². The molecule has 0 aliphatic carbocycles. The fourth-order valence-electron chi connectivity index (χ4n) is 2.05. The fourth-order valence-corrected chi connectivity index (χ4v) is 2.50. The standard InChI is InChI=1S/C17H16Cl2N2O5/c1-3-20-17(22)10(2)25-16-9-12(5-6-14(16)21(23)24)26-15-7-4-11(18)8-13(15)19/h4-10H,3H2,1-2H3,(H,20,22)/t10-/m0/s1. The minimum Gasteiger partial charge on any atom is -0.474 e. The normalized spacial score (nSPS) is 11.5. The van der Waals surface area contributed by atoms with Crippen LogP contribution in [0.2, 0.25) is 10.0 Å². The number of carbonyl (C=O) groups is 1. The summed E-state index contributed by atoms with van der Waals surface area (Å²) >= 11 is 11.9. The van der Waals surface area contributed by atoms with Crippen LogP contribution in [0.5, 0.6) is 17.2 Å². The zero-order chi connectivity index (χ0) is 19.3. The maximum atomic E-state index is 11.8. The third-order valence-corrected chi connectivity index (χ3v) is 3.80. The molecule has 9 heteroatoms. The van der Waals surface area contributed by atoms with Gasteiger partial charge in [0, 0.05) is 23.7 Å². The van der Waals surface area contributed by atoms with E-state index in [0.717, 1.165) is 0 Å². The van der Waals surface area contributed by atoms with Gasteiger partial charge in [0.25, 0.3) is 5.91 Å². The summed E-state index contributed by atoms with van der Waals surface area (Å²) in [5.41, 5.74) is -0.282. The van der Waals surface area contributed by atoms with Crippen LogP contribution in [0, 0.1) is 10.1 Å². The summed E-state index contributed by atoms with van der Waals surface area (Å²) in [4.78, 5) is 22.4. The molecule has 0 radical (unpaired) electrons. The van der Waals surface area contributed by atoms with E-state index in [4.69, 9.17) is 32.7 Å². The van der Waals surface area contributed by atoms with Crippen molar-refractivity contribution in [1.82, 2.24) is 5.32 Å². The molecular formula is C17H16Cl2N2O5. The highest BCUT2D eigenvalue weighted by atomic mass is 35.5. The fraction of sp³-hybridized carbons (Fsp3) is 0.235. The van der Waals surface area contributed by atoms with E-state index in [9.17, 15) is 14.9 Å². The lowest BCUT2D eigenvalue weighted by molar-refractivity contribution is -0.386. The van der Waals surface area contributed by atoms with Crippen LogP contribution in [-0.2, 0) is 4.79 Å². The smallest absolute Gasteiger partial charge is 0.311 e. The maximum absolute atomic E-state index is 11.8. The number of benzene rings is 2. The highest BCUT2D eigenvalue weighted by Gasteiger charge is 2.22. The number of hydrogen-bond acceptors (Lipinski definition) is 5. The van der Waals surface area contributed by atoms with Crippen molar-refractivity contribution >= 4 is 34.8 Å². The Kier molecular flexibility index (Phi) is 6.65. The molecule has 2 aromatic carbocycles. The van der Waals surface area contributed by atoms with Gasteiger partial charge < -0.3 is 14.8 Å². The van der Waals surface area contributed by atoms with Crippen LogP contribution in [0.4, 0.5) is 5.69 Å². The molecule has 0 saturated heterocycles. The van der Waals surface area contributed by atoms with Gasteiger partial charge in [0.05, 0.1) is 9.95 Å². The first-order valence-electron chi connectivity index (χ1n) is 7.67. The number of carbonyl (C=O) groups excluding carboxylic acids is 1. The topological polar surface area (TPSA) is 90.7 Å². The first-order chi connectivity index (χ1) is 12.3. The van der Waals surface area contributed by atoms with Crippen LogP contribution in [0.25, 0.3) is 0 Å². The van der Waals surface area contributed by atoms with E-state index in [2.05, 4.69) is 5.32 Å². The van der Waals surface area contributed by atoms with Crippen LogP contribution in [-0.4, -0.2) is 23.5 Å². The van der Waals surface area contributed by atoms with E-state index in [1.807, 2.05) is 0 Å². The predicted molar refractivity (Wildman–Crippen MR) is 98.4 cm³/mol. The van der Waals surface area contributed by atoms with Crippen molar-refractivity contribution < 1.29 is 19.2 Å². The summed E-state index contributed by atoms with van der Waals surface area (Å²) in [7, 11) is 0. The summed E-state index contributed by atoms with van der Waals surface area (Å²) in [6, 6.07) is 8.66. The van der Waals surface area contributed by atoms with Gasteiger partial charge in [-0.05, 0) is 38.1 Å². The Morgan fingerprint density at radius 1 is 1.23 bits per heavy atom. The Hall–Kier alpha value is -2.51. The quantitative estimate of drug-likeness (QED) is 0.543. The van der Waals surface area contributed by atoms with Gasteiger partial charge in [-0.1, -0.05) is 23.2 Å². The largest absolute Gasteiger partial charge is 0.474 e. The lowest BCUT2D eigenvalue weighted by Gasteiger charge is -2.15. The molecule has 0 aliphatic heterocycles. The molecule has 1 amide bonds. The predicted octanol–water partition coefficient (Wildman–Crippen LogP) is 4.60. The zero-order valence-corrected chi connectivity index (χ0v) is 15.5. The van der Waals surface area contributed by atoms with Crippen LogP contribution in [0.15, 0.2) is 36.4 Å². The van der Waals surface area contributed by atoms with Crippen molar-refractivity contribution in [2.75, 3.05) is 6.54 Å². The van der Waals surface area contributed by atoms with Gasteiger partial charge in [-0.3, -0.25) is 14.9 Å². The number of nitrogens with zero attached hydrogens (tertiary/aromatic N) is 1. The van der Waals surface area contributed by atoms with Crippen molar-refractivity contribution in [2.24, 2.45) is 0 Å². The van der Waals surface area contributed by atoms with E-state index in [1.54, 1.807) is 19.1 Å². The third-order valence-electron chi connectivity index (χ3n) is 3.27. The second kappa shape index (κ2) is 8.73. The number of amides is 1. The molecule has 0 fully saturated rings. The summed E-state index contributed by atoms with van der Waals surface area (Å²) in [6.45, 7) is 3.68. The van der Waals surface area contributed by atoms with Crippen molar-refractivity contribution in [3.63, 3.8) is 0 Å². The molecule has 0 aliphatic rings. The lowest BCUT2D eigenvalue weighted by Crippen LogP contribution is -2.36. The second-order valence-electron chi connectivity index (χ2n) is 5.22. The molecule has 0 heterocycles. The summed E-state index contributed by atoms with van der Waals surface area (Å²) in [5.74, 6) is 0.121. The van der Waals surface area contributed by atoms with E-state index in [1.165, 1.54) is 31.2 Å². The average Bonchev–Trinajstić information content (AvgIpc) is 2.57.